The topological polar surface area (TPSA) is 51.8 Å². The molecule has 0 amide bonds. The molecule has 8 heteroatoms. The van der Waals surface area contributed by atoms with Gasteiger partial charge in [-0.3, -0.25) is 0 Å². The molecule has 2 aromatic rings. The van der Waals surface area contributed by atoms with Crippen molar-refractivity contribution in [3.8, 4) is 10.6 Å². The summed E-state index contributed by atoms with van der Waals surface area (Å²) in [6.45, 7) is 0.109. The summed E-state index contributed by atoms with van der Waals surface area (Å²) in [5.41, 5.74) is 3.78. The van der Waals surface area contributed by atoms with Gasteiger partial charge in [0, 0.05) is 12.1 Å². The van der Waals surface area contributed by atoms with Crippen molar-refractivity contribution in [2.75, 3.05) is 0 Å². The first kappa shape index (κ1) is 12.9. The molecule has 0 saturated heterocycles. The van der Waals surface area contributed by atoms with Crippen LogP contribution in [-0.2, 0) is 12.7 Å². The van der Waals surface area contributed by atoms with E-state index in [1.165, 1.54) is 6.07 Å². The molecule has 1 aromatic heterocycles. The maximum absolute atomic E-state index is 13.8. The van der Waals surface area contributed by atoms with E-state index in [4.69, 9.17) is 5.73 Å². The van der Waals surface area contributed by atoms with E-state index in [2.05, 4.69) is 10.2 Å². The monoisotopic (exact) mass is 277 g/mol. The Morgan fingerprint density at radius 1 is 1.22 bits per heavy atom. The maximum Gasteiger partial charge on any atom is 0.419 e. The molecule has 18 heavy (non-hydrogen) atoms. The average molecular weight is 277 g/mol. The van der Waals surface area contributed by atoms with Crippen LogP contribution in [0.1, 0.15) is 10.6 Å². The molecule has 0 unspecified atom stereocenters. The van der Waals surface area contributed by atoms with Crippen LogP contribution < -0.4 is 5.73 Å². The molecule has 0 aliphatic heterocycles. The quantitative estimate of drug-likeness (QED) is 0.859. The molecule has 0 saturated carbocycles. The first-order chi connectivity index (χ1) is 8.43. The highest BCUT2D eigenvalue weighted by Gasteiger charge is 2.35. The Kier molecular flexibility index (Phi) is 3.31. The molecule has 2 rings (SSSR count). The van der Waals surface area contributed by atoms with E-state index in [0.29, 0.717) is 11.1 Å². The van der Waals surface area contributed by atoms with Gasteiger partial charge in [0.1, 0.15) is 10.8 Å². The van der Waals surface area contributed by atoms with E-state index in [0.717, 1.165) is 17.4 Å². The SMILES string of the molecule is NCc1nnc(-c2cccc(C(F)(F)F)c2F)s1. The van der Waals surface area contributed by atoms with Crippen molar-refractivity contribution in [3.05, 3.63) is 34.6 Å². The van der Waals surface area contributed by atoms with Gasteiger partial charge in [-0.1, -0.05) is 17.4 Å². The zero-order valence-corrected chi connectivity index (χ0v) is 9.65. The van der Waals surface area contributed by atoms with Gasteiger partial charge in [0.05, 0.1) is 5.56 Å². The van der Waals surface area contributed by atoms with Gasteiger partial charge in [-0.15, -0.1) is 10.2 Å². The lowest BCUT2D eigenvalue weighted by molar-refractivity contribution is -0.139. The number of aromatic nitrogens is 2. The normalized spacial score (nSPS) is 11.8. The number of rotatable bonds is 2. The number of halogens is 4. The molecule has 0 aliphatic carbocycles. The smallest absolute Gasteiger partial charge is 0.324 e. The second-order valence-electron chi connectivity index (χ2n) is 3.37. The minimum absolute atomic E-state index is 0.0825. The van der Waals surface area contributed by atoms with Crippen molar-refractivity contribution in [3.63, 3.8) is 0 Å². The summed E-state index contributed by atoms with van der Waals surface area (Å²) in [6, 6.07) is 3.04. The van der Waals surface area contributed by atoms with Crippen molar-refractivity contribution < 1.29 is 17.6 Å². The van der Waals surface area contributed by atoms with Crippen LogP contribution in [0, 0.1) is 5.82 Å². The van der Waals surface area contributed by atoms with Crippen molar-refractivity contribution >= 4 is 11.3 Å². The Hall–Kier alpha value is -1.54. The number of nitrogens with two attached hydrogens (primary N) is 1. The Bertz CT molecular complexity index is 564. The van der Waals surface area contributed by atoms with E-state index in [9.17, 15) is 17.6 Å². The molecule has 0 aliphatic rings. The van der Waals surface area contributed by atoms with Gasteiger partial charge in [0.25, 0.3) is 0 Å². The molecule has 0 fully saturated rings. The first-order valence-corrected chi connectivity index (χ1v) is 5.63. The zero-order valence-electron chi connectivity index (χ0n) is 8.83. The summed E-state index contributed by atoms with van der Waals surface area (Å²) in [7, 11) is 0. The van der Waals surface area contributed by atoms with Crippen LogP contribution in [-0.4, -0.2) is 10.2 Å². The fourth-order valence-electron chi connectivity index (χ4n) is 1.36. The largest absolute Gasteiger partial charge is 0.419 e. The van der Waals surface area contributed by atoms with Crippen LogP contribution in [0.5, 0.6) is 0 Å². The van der Waals surface area contributed by atoms with Gasteiger partial charge in [0.15, 0.2) is 5.01 Å². The van der Waals surface area contributed by atoms with Crippen LogP contribution in [0.4, 0.5) is 17.6 Å². The molecule has 1 heterocycles. The Morgan fingerprint density at radius 3 is 2.50 bits per heavy atom. The maximum atomic E-state index is 13.8. The lowest BCUT2D eigenvalue weighted by atomic mass is 10.1. The molecule has 0 spiro atoms. The zero-order chi connectivity index (χ0) is 13.3. The standard InChI is InChI=1S/C10H7F4N3S/c11-8-5(9-17-16-7(4-15)18-9)2-1-3-6(8)10(12,13)14/h1-3H,4,15H2. The molecule has 2 N–H and O–H groups in total. The summed E-state index contributed by atoms with van der Waals surface area (Å²) in [5.74, 6) is -1.34. The van der Waals surface area contributed by atoms with E-state index in [1.807, 2.05) is 0 Å². The van der Waals surface area contributed by atoms with Crippen LogP contribution >= 0.6 is 11.3 Å². The van der Waals surface area contributed by atoms with Gasteiger partial charge >= 0.3 is 6.18 Å². The second-order valence-corrected chi connectivity index (χ2v) is 4.43. The first-order valence-electron chi connectivity index (χ1n) is 4.82. The lowest BCUT2D eigenvalue weighted by Gasteiger charge is -2.09. The fourth-order valence-corrected chi connectivity index (χ4v) is 2.10. The Labute approximate surface area is 103 Å². The Morgan fingerprint density at radius 2 is 1.94 bits per heavy atom. The number of nitrogens with zero attached hydrogens (tertiary/aromatic N) is 2. The second kappa shape index (κ2) is 4.62. The summed E-state index contributed by atoms with van der Waals surface area (Å²) in [4.78, 5) is 0. The predicted molar refractivity (Wildman–Crippen MR) is 58.2 cm³/mol. The highest BCUT2D eigenvalue weighted by Crippen LogP contribution is 2.36. The predicted octanol–water partition coefficient (Wildman–Crippen LogP) is 2.82. The summed E-state index contributed by atoms with van der Waals surface area (Å²) in [6.07, 6.45) is -4.73. The number of benzene rings is 1. The molecular formula is C10H7F4N3S. The molecule has 0 bridgehead atoms. The third kappa shape index (κ3) is 2.34. The number of hydrogen-bond acceptors (Lipinski definition) is 4. The van der Waals surface area contributed by atoms with Crippen LogP contribution in [0.3, 0.4) is 0 Å². The molecule has 96 valence electrons. The van der Waals surface area contributed by atoms with Crippen LogP contribution in [0.2, 0.25) is 0 Å². The minimum Gasteiger partial charge on any atom is -0.324 e. The molecule has 0 radical (unpaired) electrons. The molecular weight excluding hydrogens is 270 g/mol. The third-order valence-corrected chi connectivity index (χ3v) is 3.15. The van der Waals surface area contributed by atoms with Crippen molar-refractivity contribution in [2.45, 2.75) is 12.7 Å². The van der Waals surface area contributed by atoms with Crippen LogP contribution in [0.25, 0.3) is 10.6 Å². The molecule has 1 aromatic carbocycles. The van der Waals surface area contributed by atoms with Gasteiger partial charge in [0.2, 0.25) is 0 Å². The van der Waals surface area contributed by atoms with E-state index >= 15 is 0 Å². The highest BCUT2D eigenvalue weighted by molar-refractivity contribution is 7.14. The number of alkyl halides is 3. The minimum atomic E-state index is -4.73. The molecule has 0 atom stereocenters. The van der Waals surface area contributed by atoms with Gasteiger partial charge in [-0.2, -0.15) is 13.2 Å². The van der Waals surface area contributed by atoms with Crippen LogP contribution in [0.15, 0.2) is 18.2 Å². The lowest BCUT2D eigenvalue weighted by Crippen LogP contribution is -2.08. The van der Waals surface area contributed by atoms with Crippen molar-refractivity contribution in [1.82, 2.24) is 10.2 Å². The van der Waals surface area contributed by atoms with E-state index < -0.39 is 17.6 Å². The summed E-state index contributed by atoms with van der Waals surface area (Å²) in [5, 5.41) is 7.78. The van der Waals surface area contributed by atoms with E-state index in [1.54, 1.807) is 0 Å². The van der Waals surface area contributed by atoms with Gasteiger partial charge < -0.3 is 5.73 Å². The summed E-state index contributed by atoms with van der Waals surface area (Å²) < 4.78 is 51.3. The third-order valence-electron chi connectivity index (χ3n) is 2.18. The summed E-state index contributed by atoms with van der Waals surface area (Å²) >= 11 is 0.965. The fraction of sp³-hybridized carbons (Fsp3) is 0.200. The van der Waals surface area contributed by atoms with Gasteiger partial charge in [-0.05, 0) is 12.1 Å². The van der Waals surface area contributed by atoms with Gasteiger partial charge in [-0.25, -0.2) is 4.39 Å². The average Bonchev–Trinajstić information content (AvgIpc) is 2.76. The van der Waals surface area contributed by atoms with E-state index in [-0.39, 0.29) is 17.1 Å². The Balaban J connectivity index is 2.52. The highest BCUT2D eigenvalue weighted by atomic mass is 32.1. The van der Waals surface area contributed by atoms with Crippen molar-refractivity contribution in [1.29, 1.82) is 0 Å². The molecule has 3 nitrogen and oxygen atoms in total. The van der Waals surface area contributed by atoms with Crippen molar-refractivity contribution in [2.24, 2.45) is 5.73 Å². The number of hydrogen-bond donors (Lipinski definition) is 1.